The van der Waals surface area contributed by atoms with E-state index in [0.29, 0.717) is 13.1 Å². The summed E-state index contributed by atoms with van der Waals surface area (Å²) in [5.74, 6) is 2.45. The number of benzene rings is 1. The van der Waals surface area contributed by atoms with E-state index in [1.54, 1.807) is 7.05 Å². The number of para-hydroxylation sites is 1. The first kappa shape index (κ1) is 17.3. The van der Waals surface area contributed by atoms with E-state index in [2.05, 4.69) is 26.7 Å². The summed E-state index contributed by atoms with van der Waals surface area (Å²) in [4.78, 5) is 8.77. The van der Waals surface area contributed by atoms with Crippen molar-refractivity contribution in [1.29, 1.82) is 0 Å². The molecule has 0 saturated heterocycles. The first-order valence-electron chi connectivity index (χ1n) is 8.82. The van der Waals surface area contributed by atoms with Gasteiger partial charge in [0.1, 0.15) is 5.75 Å². The molecule has 1 saturated carbocycles. The molecule has 0 unspecified atom stereocenters. The molecule has 0 bridgehead atoms. The van der Waals surface area contributed by atoms with Crippen molar-refractivity contribution in [3.05, 3.63) is 59.4 Å². The Bertz CT molecular complexity index is 725. The van der Waals surface area contributed by atoms with Gasteiger partial charge in [0, 0.05) is 24.8 Å². The summed E-state index contributed by atoms with van der Waals surface area (Å²) in [5, 5.41) is 6.64. The Labute approximate surface area is 149 Å². The summed E-state index contributed by atoms with van der Waals surface area (Å²) in [6, 6.07) is 14.2. The van der Waals surface area contributed by atoms with Crippen molar-refractivity contribution >= 4 is 5.96 Å². The van der Waals surface area contributed by atoms with Crippen LogP contribution in [0.15, 0.2) is 47.5 Å². The second-order valence-electron chi connectivity index (χ2n) is 6.41. The second kappa shape index (κ2) is 8.51. The minimum absolute atomic E-state index is 0.640. The number of hydrogen-bond donors (Lipinski definition) is 2. The standard InChI is InChI=1S/C20H26N4O/c1-15-6-5-8-18(24-15)13-23-20(21-2)22-12-17-7-3-4-9-19(17)25-14-16-10-11-16/h3-9,16H,10-14H2,1-2H3,(H2,21,22,23). The van der Waals surface area contributed by atoms with Gasteiger partial charge in [-0.15, -0.1) is 0 Å². The molecule has 2 N–H and O–H groups in total. The number of hydrogen-bond acceptors (Lipinski definition) is 3. The molecule has 0 spiro atoms. The Hall–Kier alpha value is -2.56. The van der Waals surface area contributed by atoms with Gasteiger partial charge in [0.15, 0.2) is 5.96 Å². The number of guanidine groups is 1. The Morgan fingerprint density at radius 2 is 1.92 bits per heavy atom. The van der Waals surface area contributed by atoms with Crippen molar-refractivity contribution in [2.45, 2.75) is 32.9 Å². The average molecular weight is 338 g/mol. The van der Waals surface area contributed by atoms with Gasteiger partial charge in [-0.3, -0.25) is 9.98 Å². The highest BCUT2D eigenvalue weighted by Crippen LogP contribution is 2.30. The smallest absolute Gasteiger partial charge is 0.191 e. The van der Waals surface area contributed by atoms with Crippen LogP contribution in [0.2, 0.25) is 0 Å². The highest BCUT2D eigenvalue weighted by Gasteiger charge is 2.22. The lowest BCUT2D eigenvalue weighted by atomic mass is 10.2. The van der Waals surface area contributed by atoms with Crippen molar-refractivity contribution in [2.24, 2.45) is 10.9 Å². The fraction of sp³-hybridized carbons (Fsp3) is 0.400. The Morgan fingerprint density at radius 1 is 1.12 bits per heavy atom. The summed E-state index contributed by atoms with van der Waals surface area (Å²) in [6.07, 6.45) is 2.59. The molecule has 1 heterocycles. The number of nitrogens with zero attached hydrogens (tertiary/aromatic N) is 2. The molecule has 5 heteroatoms. The Kier molecular flexibility index (Phi) is 5.88. The van der Waals surface area contributed by atoms with Crippen LogP contribution in [-0.2, 0) is 13.1 Å². The fourth-order valence-corrected chi connectivity index (χ4v) is 2.55. The maximum absolute atomic E-state index is 5.96. The number of nitrogens with one attached hydrogen (secondary N) is 2. The van der Waals surface area contributed by atoms with Gasteiger partial charge in [0.05, 0.1) is 18.8 Å². The van der Waals surface area contributed by atoms with Gasteiger partial charge in [0.25, 0.3) is 0 Å². The zero-order valence-corrected chi connectivity index (χ0v) is 15.0. The highest BCUT2D eigenvalue weighted by atomic mass is 16.5. The van der Waals surface area contributed by atoms with Gasteiger partial charge >= 0.3 is 0 Å². The van der Waals surface area contributed by atoms with Gasteiger partial charge in [-0.1, -0.05) is 24.3 Å². The average Bonchev–Trinajstić information content (AvgIpc) is 3.45. The minimum atomic E-state index is 0.640. The molecular formula is C20H26N4O. The van der Waals surface area contributed by atoms with E-state index in [4.69, 9.17) is 4.74 Å². The van der Waals surface area contributed by atoms with Crippen molar-refractivity contribution in [3.8, 4) is 5.75 Å². The Balaban J connectivity index is 1.52. The molecule has 0 radical (unpaired) electrons. The highest BCUT2D eigenvalue weighted by molar-refractivity contribution is 5.79. The zero-order chi connectivity index (χ0) is 17.5. The van der Waals surface area contributed by atoms with E-state index in [1.165, 1.54) is 12.8 Å². The zero-order valence-electron chi connectivity index (χ0n) is 15.0. The van der Waals surface area contributed by atoms with Gasteiger partial charge < -0.3 is 15.4 Å². The van der Waals surface area contributed by atoms with Crippen molar-refractivity contribution in [1.82, 2.24) is 15.6 Å². The first-order chi connectivity index (χ1) is 12.2. The van der Waals surface area contributed by atoms with Crippen molar-refractivity contribution in [3.63, 3.8) is 0 Å². The third-order valence-electron chi connectivity index (χ3n) is 4.20. The summed E-state index contributed by atoms with van der Waals surface area (Å²) in [5.41, 5.74) is 3.15. The van der Waals surface area contributed by atoms with E-state index < -0.39 is 0 Å². The van der Waals surface area contributed by atoms with E-state index in [0.717, 1.165) is 41.2 Å². The van der Waals surface area contributed by atoms with Crippen LogP contribution in [0.1, 0.15) is 29.8 Å². The third kappa shape index (κ3) is 5.48. The number of aliphatic imine (C=N–C) groups is 1. The fourth-order valence-electron chi connectivity index (χ4n) is 2.55. The van der Waals surface area contributed by atoms with E-state index in [-0.39, 0.29) is 0 Å². The van der Waals surface area contributed by atoms with Crippen LogP contribution in [-0.4, -0.2) is 24.6 Å². The first-order valence-corrected chi connectivity index (χ1v) is 8.82. The SMILES string of the molecule is CN=C(NCc1cccc(C)n1)NCc1ccccc1OCC1CC1. The van der Waals surface area contributed by atoms with Crippen LogP contribution in [0.3, 0.4) is 0 Å². The lowest BCUT2D eigenvalue weighted by molar-refractivity contribution is 0.296. The normalized spacial score (nSPS) is 14.2. The molecule has 25 heavy (non-hydrogen) atoms. The van der Waals surface area contributed by atoms with Crippen LogP contribution in [0.5, 0.6) is 5.75 Å². The lowest BCUT2D eigenvalue weighted by Gasteiger charge is -2.14. The summed E-state index contributed by atoms with van der Waals surface area (Å²) >= 11 is 0. The van der Waals surface area contributed by atoms with E-state index in [1.807, 2.05) is 43.3 Å². The van der Waals surface area contributed by atoms with Crippen LogP contribution in [0, 0.1) is 12.8 Å². The van der Waals surface area contributed by atoms with Crippen LogP contribution in [0.25, 0.3) is 0 Å². The molecule has 1 aliphatic rings. The van der Waals surface area contributed by atoms with Crippen LogP contribution < -0.4 is 15.4 Å². The minimum Gasteiger partial charge on any atom is -0.493 e. The predicted octanol–water partition coefficient (Wildman–Crippen LogP) is 3.04. The number of aromatic nitrogens is 1. The number of aryl methyl sites for hydroxylation is 1. The maximum Gasteiger partial charge on any atom is 0.191 e. The van der Waals surface area contributed by atoms with Crippen molar-refractivity contribution < 1.29 is 4.74 Å². The molecule has 1 aliphatic carbocycles. The topological polar surface area (TPSA) is 58.5 Å². The van der Waals surface area contributed by atoms with E-state index in [9.17, 15) is 0 Å². The molecule has 1 aromatic carbocycles. The third-order valence-corrected chi connectivity index (χ3v) is 4.20. The molecular weight excluding hydrogens is 312 g/mol. The van der Waals surface area contributed by atoms with Gasteiger partial charge in [0.2, 0.25) is 0 Å². The number of pyridine rings is 1. The molecule has 5 nitrogen and oxygen atoms in total. The Morgan fingerprint density at radius 3 is 2.68 bits per heavy atom. The van der Waals surface area contributed by atoms with Crippen LogP contribution in [0.4, 0.5) is 0 Å². The largest absolute Gasteiger partial charge is 0.493 e. The molecule has 1 fully saturated rings. The number of ether oxygens (including phenoxy) is 1. The maximum atomic E-state index is 5.96. The quantitative estimate of drug-likeness (QED) is 0.602. The number of rotatable bonds is 7. The monoisotopic (exact) mass is 338 g/mol. The summed E-state index contributed by atoms with van der Waals surface area (Å²) in [7, 11) is 1.77. The molecule has 0 amide bonds. The second-order valence-corrected chi connectivity index (χ2v) is 6.41. The summed E-state index contributed by atoms with van der Waals surface area (Å²) < 4.78 is 5.96. The molecule has 2 aromatic rings. The lowest BCUT2D eigenvalue weighted by Crippen LogP contribution is -2.36. The van der Waals surface area contributed by atoms with E-state index >= 15 is 0 Å². The molecule has 0 aliphatic heterocycles. The predicted molar refractivity (Wildman–Crippen MR) is 101 cm³/mol. The van der Waals surface area contributed by atoms with Gasteiger partial charge in [-0.2, -0.15) is 0 Å². The molecule has 1 aromatic heterocycles. The molecule has 132 valence electrons. The van der Waals surface area contributed by atoms with Crippen LogP contribution >= 0.6 is 0 Å². The van der Waals surface area contributed by atoms with Gasteiger partial charge in [-0.05, 0) is 43.9 Å². The van der Waals surface area contributed by atoms with Crippen molar-refractivity contribution in [2.75, 3.05) is 13.7 Å². The molecule has 3 rings (SSSR count). The van der Waals surface area contributed by atoms with Gasteiger partial charge in [-0.25, -0.2) is 0 Å². The summed E-state index contributed by atoms with van der Waals surface area (Å²) in [6.45, 7) is 4.13. The molecule has 0 atom stereocenters.